The number of halogens is 1. The van der Waals surface area contributed by atoms with Gasteiger partial charge in [-0.3, -0.25) is 4.79 Å². The second kappa shape index (κ2) is 11.0. The fourth-order valence-corrected chi connectivity index (χ4v) is 6.32. The summed E-state index contributed by atoms with van der Waals surface area (Å²) in [6.45, 7) is 12.0. The van der Waals surface area contributed by atoms with Crippen LogP contribution in [0.1, 0.15) is 60.3 Å². The van der Waals surface area contributed by atoms with Crippen molar-refractivity contribution < 1.29 is 13.9 Å². The predicted molar refractivity (Wildman–Crippen MR) is 167 cm³/mol. The van der Waals surface area contributed by atoms with E-state index < -0.39 is 5.54 Å². The number of fused-ring (bicyclic) bond motifs is 6. The van der Waals surface area contributed by atoms with Gasteiger partial charge in [0.05, 0.1) is 6.21 Å². The molecule has 2 heterocycles. The lowest BCUT2D eigenvalue weighted by molar-refractivity contribution is 0.0675. The molecule has 0 fully saturated rings. The fraction of sp³-hybridized carbons (Fsp3) is 0.257. The van der Waals surface area contributed by atoms with Crippen LogP contribution in [-0.2, 0) is 5.54 Å². The van der Waals surface area contributed by atoms with Crippen LogP contribution in [0.25, 0.3) is 0 Å². The first-order valence-electron chi connectivity index (χ1n) is 14.7. The number of benzene rings is 4. The maximum absolute atomic E-state index is 14.2. The van der Waals surface area contributed by atoms with Crippen molar-refractivity contribution in [3.05, 3.63) is 119 Å². The number of nitrogens with zero attached hydrogens (tertiary/aromatic N) is 4. The summed E-state index contributed by atoms with van der Waals surface area (Å²) in [6, 6.07) is 26.3. The molecule has 0 saturated heterocycles. The van der Waals surface area contributed by atoms with E-state index >= 15 is 0 Å². The van der Waals surface area contributed by atoms with Crippen LogP contribution < -0.4 is 14.5 Å². The minimum absolute atomic E-state index is 0.205. The molecule has 1 spiro atoms. The minimum Gasteiger partial charge on any atom is -0.456 e. The summed E-state index contributed by atoms with van der Waals surface area (Å²) >= 11 is 0. The van der Waals surface area contributed by atoms with Gasteiger partial charge in [0, 0.05) is 71.9 Å². The Morgan fingerprint density at radius 3 is 1.86 bits per heavy atom. The lowest BCUT2D eigenvalue weighted by Gasteiger charge is -2.42. The van der Waals surface area contributed by atoms with E-state index in [1.165, 1.54) is 12.1 Å². The van der Waals surface area contributed by atoms with Gasteiger partial charge in [0.15, 0.2) is 0 Å². The van der Waals surface area contributed by atoms with Crippen LogP contribution in [0.3, 0.4) is 0 Å². The van der Waals surface area contributed by atoms with Crippen molar-refractivity contribution in [1.82, 2.24) is 5.01 Å². The number of ether oxygens (including phenoxy) is 1. The maximum Gasteiger partial charge on any atom is 0.275 e. The number of hydrazone groups is 1. The van der Waals surface area contributed by atoms with Gasteiger partial charge >= 0.3 is 0 Å². The molecular weight excluding hydrogens is 527 g/mol. The molecule has 6 rings (SSSR count). The Bertz CT molecular complexity index is 1600. The SMILES string of the molecule is CCN(CC)c1ccc2c(c1)Oc1cc(N(CC)CC)ccc1C21c2ccccc2C(=O)N1/N=C/c1ccc(F)cc1. The fourth-order valence-electron chi connectivity index (χ4n) is 6.32. The summed E-state index contributed by atoms with van der Waals surface area (Å²) in [7, 11) is 0. The third kappa shape index (κ3) is 4.23. The molecule has 42 heavy (non-hydrogen) atoms. The lowest BCUT2D eigenvalue weighted by atomic mass is 9.75. The molecule has 0 atom stereocenters. The third-order valence-electron chi connectivity index (χ3n) is 8.44. The molecule has 0 aliphatic carbocycles. The smallest absolute Gasteiger partial charge is 0.275 e. The number of hydrogen-bond donors (Lipinski definition) is 0. The first-order chi connectivity index (χ1) is 20.5. The van der Waals surface area contributed by atoms with E-state index in [2.05, 4.69) is 73.9 Å². The highest BCUT2D eigenvalue weighted by Gasteiger charge is 2.57. The van der Waals surface area contributed by atoms with Crippen LogP contribution in [0.5, 0.6) is 11.5 Å². The number of hydrogen-bond acceptors (Lipinski definition) is 5. The molecule has 0 N–H and O–H groups in total. The summed E-state index contributed by atoms with van der Waals surface area (Å²) in [5.74, 6) is 0.849. The average Bonchev–Trinajstić information content (AvgIpc) is 3.26. The highest BCUT2D eigenvalue weighted by molar-refractivity contribution is 6.03. The second-order valence-electron chi connectivity index (χ2n) is 10.5. The Labute approximate surface area is 246 Å². The molecule has 7 heteroatoms. The summed E-state index contributed by atoms with van der Waals surface area (Å²) in [6.07, 6.45) is 1.62. The zero-order chi connectivity index (χ0) is 29.4. The lowest BCUT2D eigenvalue weighted by Crippen LogP contribution is -2.44. The van der Waals surface area contributed by atoms with Crippen LogP contribution in [0.2, 0.25) is 0 Å². The van der Waals surface area contributed by atoms with Gasteiger partial charge in [-0.05, 0) is 63.6 Å². The number of carbonyl (C=O) groups is 1. The highest BCUT2D eigenvalue weighted by Crippen LogP contribution is 2.58. The summed E-state index contributed by atoms with van der Waals surface area (Å²) < 4.78 is 20.4. The van der Waals surface area contributed by atoms with Crippen LogP contribution in [0, 0.1) is 5.82 Å². The van der Waals surface area contributed by atoms with E-state index in [1.54, 1.807) is 23.4 Å². The van der Waals surface area contributed by atoms with Gasteiger partial charge in [0.2, 0.25) is 0 Å². The summed E-state index contributed by atoms with van der Waals surface area (Å²) in [5.41, 5.74) is 4.86. The standard InChI is InChI=1S/C35H35FN4O2/c1-5-38(6-2)26-17-19-30-32(21-26)42-33-22-27(39(7-3)8-4)18-20-31(33)35(30)29-12-10-9-11-28(29)34(41)40(35)37-23-24-13-15-25(36)16-14-24/h9-23H,5-8H2,1-4H3/b37-23+. The zero-order valence-electron chi connectivity index (χ0n) is 24.5. The summed E-state index contributed by atoms with van der Waals surface area (Å²) in [5, 5.41) is 6.41. The highest BCUT2D eigenvalue weighted by atomic mass is 19.1. The Balaban J connectivity index is 1.63. The van der Waals surface area contributed by atoms with Crippen LogP contribution in [-0.4, -0.2) is 43.3 Å². The van der Waals surface area contributed by atoms with E-state index in [0.29, 0.717) is 22.6 Å². The van der Waals surface area contributed by atoms with Crippen molar-refractivity contribution in [2.24, 2.45) is 5.10 Å². The van der Waals surface area contributed by atoms with E-state index in [-0.39, 0.29) is 11.7 Å². The van der Waals surface area contributed by atoms with Gasteiger partial charge in [-0.15, -0.1) is 0 Å². The van der Waals surface area contributed by atoms with Crippen LogP contribution in [0.4, 0.5) is 15.8 Å². The quantitative estimate of drug-likeness (QED) is 0.210. The number of carbonyl (C=O) groups excluding carboxylic acids is 1. The Hall–Kier alpha value is -4.65. The minimum atomic E-state index is -1.06. The van der Waals surface area contributed by atoms with Crippen molar-refractivity contribution >= 4 is 23.5 Å². The molecule has 2 aliphatic rings. The number of amides is 1. The molecule has 0 unspecified atom stereocenters. The van der Waals surface area contributed by atoms with Crippen LogP contribution >= 0.6 is 0 Å². The molecule has 0 saturated carbocycles. The van der Waals surface area contributed by atoms with Crippen molar-refractivity contribution in [3.8, 4) is 11.5 Å². The third-order valence-corrected chi connectivity index (χ3v) is 8.44. The predicted octanol–water partition coefficient (Wildman–Crippen LogP) is 7.41. The molecule has 1 amide bonds. The molecule has 0 aromatic heterocycles. The Morgan fingerprint density at radius 1 is 0.762 bits per heavy atom. The Morgan fingerprint density at radius 2 is 1.31 bits per heavy atom. The van der Waals surface area contributed by atoms with E-state index in [9.17, 15) is 9.18 Å². The molecule has 4 aromatic rings. The van der Waals surface area contributed by atoms with Gasteiger partial charge in [-0.2, -0.15) is 5.10 Å². The van der Waals surface area contributed by atoms with Crippen molar-refractivity contribution in [3.63, 3.8) is 0 Å². The van der Waals surface area contributed by atoms with Gasteiger partial charge in [-0.1, -0.05) is 42.5 Å². The largest absolute Gasteiger partial charge is 0.456 e. The van der Waals surface area contributed by atoms with Crippen LogP contribution in [0.15, 0.2) is 90.0 Å². The topological polar surface area (TPSA) is 48.4 Å². The normalized spacial score (nSPS) is 14.5. The van der Waals surface area contributed by atoms with Crippen molar-refractivity contribution in [1.29, 1.82) is 0 Å². The molecule has 214 valence electrons. The molecule has 6 nitrogen and oxygen atoms in total. The number of rotatable bonds is 8. The molecule has 2 aliphatic heterocycles. The second-order valence-corrected chi connectivity index (χ2v) is 10.5. The van der Waals surface area contributed by atoms with Gasteiger partial charge in [0.25, 0.3) is 5.91 Å². The van der Waals surface area contributed by atoms with Crippen molar-refractivity contribution in [2.75, 3.05) is 36.0 Å². The monoisotopic (exact) mass is 562 g/mol. The molecular formula is C35H35FN4O2. The van der Waals surface area contributed by atoms with Gasteiger partial charge in [-0.25, -0.2) is 9.40 Å². The summed E-state index contributed by atoms with van der Waals surface area (Å²) in [4.78, 5) is 18.7. The van der Waals surface area contributed by atoms with Gasteiger partial charge < -0.3 is 14.5 Å². The van der Waals surface area contributed by atoms with E-state index in [4.69, 9.17) is 9.84 Å². The van der Waals surface area contributed by atoms with E-state index in [1.807, 2.05) is 24.3 Å². The first-order valence-corrected chi connectivity index (χ1v) is 14.7. The molecule has 0 bridgehead atoms. The maximum atomic E-state index is 14.2. The first kappa shape index (κ1) is 27.5. The Kier molecular flexibility index (Phi) is 7.19. The van der Waals surface area contributed by atoms with E-state index in [0.717, 1.165) is 54.2 Å². The van der Waals surface area contributed by atoms with Gasteiger partial charge in [0.1, 0.15) is 22.9 Å². The van der Waals surface area contributed by atoms with Crippen molar-refractivity contribution in [2.45, 2.75) is 33.2 Å². The number of anilines is 2. The molecule has 4 aromatic carbocycles. The molecule has 0 radical (unpaired) electrons. The zero-order valence-corrected chi connectivity index (χ0v) is 24.5. The average molecular weight is 563 g/mol.